The Labute approximate surface area is 137 Å². The molecule has 2 heterocycles. The van der Waals surface area contributed by atoms with Crippen molar-refractivity contribution in [2.24, 2.45) is 0 Å². The summed E-state index contributed by atoms with van der Waals surface area (Å²) >= 11 is 0. The zero-order valence-electron chi connectivity index (χ0n) is 13.7. The quantitative estimate of drug-likeness (QED) is 0.923. The third kappa shape index (κ3) is 4.12. The highest BCUT2D eigenvalue weighted by molar-refractivity contribution is 5.72. The smallest absolute Gasteiger partial charge is 0.216 e. The molecular weight excluding hydrogens is 288 g/mol. The van der Waals surface area contributed by atoms with Gasteiger partial charge in [-0.15, -0.1) is 0 Å². The first kappa shape index (κ1) is 15.6. The van der Waals surface area contributed by atoms with E-state index in [4.69, 9.17) is 0 Å². The van der Waals surface area contributed by atoms with Gasteiger partial charge in [-0.3, -0.25) is 9.48 Å². The van der Waals surface area contributed by atoms with Gasteiger partial charge < -0.3 is 10.2 Å². The summed E-state index contributed by atoms with van der Waals surface area (Å²) in [5.74, 6) is -0.00863. The number of nitrogens with one attached hydrogen (secondary N) is 1. The number of rotatable bonds is 5. The molecule has 3 rings (SSSR count). The van der Waals surface area contributed by atoms with E-state index >= 15 is 0 Å². The first-order valence-corrected chi connectivity index (χ1v) is 8.35. The predicted molar refractivity (Wildman–Crippen MR) is 92.4 cm³/mol. The fourth-order valence-corrected chi connectivity index (χ4v) is 3.00. The molecule has 1 N–H and O–H groups in total. The van der Waals surface area contributed by atoms with Crippen molar-refractivity contribution in [1.82, 2.24) is 15.1 Å². The minimum absolute atomic E-state index is 0.00863. The van der Waals surface area contributed by atoms with E-state index in [1.807, 2.05) is 17.1 Å². The molecule has 1 aliphatic heterocycles. The molecule has 5 heteroatoms. The zero-order valence-corrected chi connectivity index (χ0v) is 13.7. The second-order valence-electron chi connectivity index (χ2n) is 6.07. The van der Waals surface area contributed by atoms with Crippen LogP contribution in [0.1, 0.15) is 26.2 Å². The average Bonchev–Trinajstić information content (AvgIpc) is 3.04. The second-order valence-corrected chi connectivity index (χ2v) is 6.07. The van der Waals surface area contributed by atoms with Crippen LogP contribution in [-0.2, 0) is 11.3 Å². The van der Waals surface area contributed by atoms with E-state index in [0.29, 0.717) is 13.1 Å². The summed E-state index contributed by atoms with van der Waals surface area (Å²) in [7, 11) is 0. The van der Waals surface area contributed by atoms with Crippen LogP contribution in [0.5, 0.6) is 0 Å². The van der Waals surface area contributed by atoms with Crippen LogP contribution in [0, 0.1) is 0 Å². The van der Waals surface area contributed by atoms with E-state index in [1.165, 1.54) is 50.5 Å². The van der Waals surface area contributed by atoms with Crippen LogP contribution in [-0.4, -0.2) is 35.3 Å². The first-order valence-electron chi connectivity index (χ1n) is 8.35. The average molecular weight is 312 g/mol. The fourth-order valence-electron chi connectivity index (χ4n) is 3.00. The molecule has 1 aromatic carbocycles. The molecule has 0 spiro atoms. The first-order chi connectivity index (χ1) is 11.2. The largest absolute Gasteiger partial charge is 0.372 e. The molecule has 122 valence electrons. The Morgan fingerprint density at radius 1 is 1.13 bits per heavy atom. The maximum atomic E-state index is 10.9. The number of carbonyl (C=O) groups excluding carboxylic acids is 1. The summed E-state index contributed by atoms with van der Waals surface area (Å²) in [6, 6.07) is 8.74. The van der Waals surface area contributed by atoms with Gasteiger partial charge in [0.05, 0.1) is 12.7 Å². The number of nitrogens with zero attached hydrogens (tertiary/aromatic N) is 3. The SMILES string of the molecule is CC(=O)NCCn1cc(-c2ccc(N3CCCCC3)cc2)cn1. The Bertz CT molecular complexity index is 641. The van der Waals surface area contributed by atoms with Crippen molar-refractivity contribution < 1.29 is 4.79 Å². The number of hydrogen-bond donors (Lipinski definition) is 1. The van der Waals surface area contributed by atoms with Crippen LogP contribution < -0.4 is 10.2 Å². The monoisotopic (exact) mass is 312 g/mol. The summed E-state index contributed by atoms with van der Waals surface area (Å²) in [6.45, 7) is 5.15. The van der Waals surface area contributed by atoms with Crippen LogP contribution in [0.15, 0.2) is 36.7 Å². The summed E-state index contributed by atoms with van der Waals surface area (Å²) in [5.41, 5.74) is 3.60. The Hall–Kier alpha value is -2.30. The topological polar surface area (TPSA) is 50.2 Å². The standard InChI is InChI=1S/C18H24N4O/c1-15(23)19-9-12-22-14-17(13-20-22)16-5-7-18(8-6-16)21-10-3-2-4-11-21/h5-8,13-14H,2-4,9-12H2,1H3,(H,19,23). The number of carbonyl (C=O) groups is 1. The van der Waals surface area contributed by atoms with Crippen LogP contribution in [0.2, 0.25) is 0 Å². The number of benzene rings is 1. The molecular formula is C18H24N4O. The Balaban J connectivity index is 1.62. The molecule has 0 aliphatic carbocycles. The van der Waals surface area contributed by atoms with Gasteiger partial charge in [-0.1, -0.05) is 12.1 Å². The van der Waals surface area contributed by atoms with Gasteiger partial charge in [0.15, 0.2) is 0 Å². The molecule has 1 fully saturated rings. The molecule has 1 aromatic heterocycles. The van der Waals surface area contributed by atoms with Crippen molar-refractivity contribution in [3.05, 3.63) is 36.7 Å². The molecule has 2 aromatic rings. The van der Waals surface area contributed by atoms with Gasteiger partial charge >= 0.3 is 0 Å². The summed E-state index contributed by atoms with van der Waals surface area (Å²) in [6.07, 6.45) is 7.85. The maximum Gasteiger partial charge on any atom is 0.216 e. The van der Waals surface area contributed by atoms with Crippen LogP contribution in [0.4, 0.5) is 5.69 Å². The summed E-state index contributed by atoms with van der Waals surface area (Å²) < 4.78 is 1.86. The Morgan fingerprint density at radius 2 is 1.87 bits per heavy atom. The van der Waals surface area contributed by atoms with Crippen molar-refractivity contribution in [2.45, 2.75) is 32.7 Å². The van der Waals surface area contributed by atoms with Gasteiger partial charge in [0, 0.05) is 44.0 Å². The van der Waals surface area contributed by atoms with Crippen molar-refractivity contribution in [3.63, 3.8) is 0 Å². The van der Waals surface area contributed by atoms with E-state index < -0.39 is 0 Å². The second kappa shape index (κ2) is 7.31. The summed E-state index contributed by atoms with van der Waals surface area (Å²) in [5, 5.41) is 7.14. The van der Waals surface area contributed by atoms with Gasteiger partial charge in [-0.2, -0.15) is 5.10 Å². The number of aromatic nitrogens is 2. The minimum atomic E-state index is -0.00863. The molecule has 1 aliphatic rings. The lowest BCUT2D eigenvalue weighted by molar-refractivity contribution is -0.118. The molecule has 0 unspecified atom stereocenters. The molecule has 1 saturated heterocycles. The molecule has 1 amide bonds. The molecule has 0 saturated carbocycles. The Morgan fingerprint density at radius 3 is 2.57 bits per heavy atom. The lowest BCUT2D eigenvalue weighted by Gasteiger charge is -2.28. The molecule has 5 nitrogen and oxygen atoms in total. The lowest BCUT2D eigenvalue weighted by Crippen LogP contribution is -2.29. The molecule has 23 heavy (non-hydrogen) atoms. The van der Waals surface area contributed by atoms with Crippen molar-refractivity contribution >= 4 is 11.6 Å². The van der Waals surface area contributed by atoms with E-state index in [2.05, 4.69) is 39.6 Å². The number of piperidine rings is 1. The van der Waals surface area contributed by atoms with E-state index in [-0.39, 0.29) is 5.91 Å². The highest BCUT2D eigenvalue weighted by atomic mass is 16.1. The van der Waals surface area contributed by atoms with E-state index in [1.54, 1.807) is 0 Å². The van der Waals surface area contributed by atoms with E-state index in [9.17, 15) is 4.79 Å². The molecule has 0 bridgehead atoms. The zero-order chi connectivity index (χ0) is 16.1. The maximum absolute atomic E-state index is 10.9. The van der Waals surface area contributed by atoms with Gasteiger partial charge in [0.25, 0.3) is 0 Å². The van der Waals surface area contributed by atoms with Gasteiger partial charge in [-0.25, -0.2) is 0 Å². The predicted octanol–water partition coefficient (Wildman–Crippen LogP) is 2.68. The number of amides is 1. The lowest BCUT2D eigenvalue weighted by atomic mass is 10.1. The fraction of sp³-hybridized carbons (Fsp3) is 0.444. The van der Waals surface area contributed by atoms with Gasteiger partial charge in [-0.05, 0) is 37.0 Å². The highest BCUT2D eigenvalue weighted by Crippen LogP contribution is 2.24. The highest BCUT2D eigenvalue weighted by Gasteiger charge is 2.11. The van der Waals surface area contributed by atoms with Crippen molar-refractivity contribution in [3.8, 4) is 11.1 Å². The number of hydrogen-bond acceptors (Lipinski definition) is 3. The van der Waals surface area contributed by atoms with Crippen LogP contribution in [0.25, 0.3) is 11.1 Å². The van der Waals surface area contributed by atoms with Crippen LogP contribution in [0.3, 0.4) is 0 Å². The third-order valence-corrected chi connectivity index (χ3v) is 4.27. The normalized spacial score (nSPS) is 14.7. The minimum Gasteiger partial charge on any atom is -0.372 e. The van der Waals surface area contributed by atoms with Gasteiger partial charge in [0.2, 0.25) is 5.91 Å². The third-order valence-electron chi connectivity index (χ3n) is 4.27. The van der Waals surface area contributed by atoms with Crippen LogP contribution >= 0.6 is 0 Å². The van der Waals surface area contributed by atoms with Crippen molar-refractivity contribution in [1.29, 1.82) is 0 Å². The number of anilines is 1. The van der Waals surface area contributed by atoms with E-state index in [0.717, 1.165) is 5.56 Å². The Kier molecular flexibility index (Phi) is 4.95. The molecule has 0 radical (unpaired) electrons. The van der Waals surface area contributed by atoms with Gasteiger partial charge in [0.1, 0.15) is 0 Å². The summed E-state index contributed by atoms with van der Waals surface area (Å²) in [4.78, 5) is 13.3. The van der Waals surface area contributed by atoms with Crippen molar-refractivity contribution in [2.75, 3.05) is 24.5 Å². The molecule has 0 atom stereocenters.